The van der Waals surface area contributed by atoms with Crippen LogP contribution in [0.1, 0.15) is 42.8 Å². The van der Waals surface area contributed by atoms with Gasteiger partial charge in [-0.1, -0.05) is 25.5 Å². The molecule has 0 spiro atoms. The number of hydrazone groups is 1. The molecule has 2 aromatic rings. The highest BCUT2D eigenvalue weighted by Gasteiger charge is 2.09. The number of ether oxygens (including phenoxy) is 1. The van der Waals surface area contributed by atoms with Gasteiger partial charge in [-0.25, -0.2) is 4.79 Å². The van der Waals surface area contributed by atoms with Crippen molar-refractivity contribution in [1.29, 1.82) is 0 Å². The van der Waals surface area contributed by atoms with Crippen molar-refractivity contribution in [3.63, 3.8) is 0 Å². The number of hydrogen-bond donors (Lipinski definition) is 2. The summed E-state index contributed by atoms with van der Waals surface area (Å²) in [5.41, 5.74) is 4.09. The predicted molar refractivity (Wildman–Crippen MR) is 106 cm³/mol. The minimum absolute atomic E-state index is 0.306. The average Bonchev–Trinajstić information content (AvgIpc) is 3.11. The van der Waals surface area contributed by atoms with E-state index in [1.165, 1.54) is 0 Å². The predicted octanol–water partition coefficient (Wildman–Crippen LogP) is 3.72. The second kappa shape index (κ2) is 10.4. The lowest BCUT2D eigenvalue weighted by Crippen LogP contribution is -2.31. The molecule has 0 fully saturated rings. The number of nitrogens with zero attached hydrogens (tertiary/aromatic N) is 1. The fraction of sp³-hybridized carbons (Fsp3) is 0.316. The minimum atomic E-state index is -0.306. The van der Waals surface area contributed by atoms with E-state index >= 15 is 0 Å². The lowest BCUT2D eigenvalue weighted by molar-refractivity contribution is 0.0500. The van der Waals surface area contributed by atoms with Crippen molar-refractivity contribution < 1.29 is 13.9 Å². The second-order valence-electron chi connectivity index (χ2n) is 5.50. The molecule has 0 saturated heterocycles. The Hall–Kier alpha value is -2.67. The van der Waals surface area contributed by atoms with Crippen LogP contribution in [-0.4, -0.2) is 30.4 Å². The number of esters is 1. The average molecular weight is 373 g/mol. The maximum atomic E-state index is 11.9. The van der Waals surface area contributed by atoms with Gasteiger partial charge in [-0.15, -0.1) is 0 Å². The summed E-state index contributed by atoms with van der Waals surface area (Å²) in [5.74, 6) is 0.974. The Kier molecular flexibility index (Phi) is 7.82. The Morgan fingerprint density at radius 1 is 1.23 bits per heavy atom. The first-order chi connectivity index (χ1) is 12.6. The van der Waals surface area contributed by atoms with Crippen molar-refractivity contribution in [1.82, 2.24) is 10.7 Å². The van der Waals surface area contributed by atoms with Gasteiger partial charge in [0.2, 0.25) is 0 Å². The molecule has 7 heteroatoms. The lowest BCUT2D eigenvalue weighted by atomic mass is 10.1. The van der Waals surface area contributed by atoms with Crippen LogP contribution in [0.3, 0.4) is 0 Å². The van der Waals surface area contributed by atoms with Gasteiger partial charge in [0.15, 0.2) is 5.11 Å². The highest BCUT2D eigenvalue weighted by molar-refractivity contribution is 7.80. The number of furan rings is 1. The first kappa shape index (κ1) is 19.7. The van der Waals surface area contributed by atoms with Gasteiger partial charge in [0, 0.05) is 12.1 Å². The summed E-state index contributed by atoms with van der Waals surface area (Å²) >= 11 is 5.01. The van der Waals surface area contributed by atoms with Gasteiger partial charge in [0.05, 0.1) is 18.4 Å². The van der Waals surface area contributed by atoms with E-state index < -0.39 is 0 Å². The van der Waals surface area contributed by atoms with Crippen LogP contribution in [0.5, 0.6) is 0 Å². The number of benzene rings is 1. The Labute approximate surface area is 158 Å². The van der Waals surface area contributed by atoms with E-state index in [1.807, 2.05) is 31.2 Å². The van der Waals surface area contributed by atoms with Crippen LogP contribution in [-0.2, 0) is 4.74 Å². The van der Waals surface area contributed by atoms with E-state index in [1.54, 1.807) is 18.3 Å². The first-order valence-corrected chi connectivity index (χ1v) is 8.99. The molecule has 138 valence electrons. The molecule has 1 aromatic heterocycles. The fourth-order valence-corrected chi connectivity index (χ4v) is 2.29. The molecular weight excluding hydrogens is 350 g/mol. The maximum absolute atomic E-state index is 11.9. The van der Waals surface area contributed by atoms with Gasteiger partial charge in [-0.05, 0) is 49.8 Å². The third-order valence-corrected chi connectivity index (χ3v) is 3.69. The van der Waals surface area contributed by atoms with Crippen molar-refractivity contribution in [2.75, 3.05) is 13.2 Å². The van der Waals surface area contributed by atoms with Crippen molar-refractivity contribution in [2.45, 2.75) is 26.7 Å². The Bertz CT molecular complexity index is 754. The lowest BCUT2D eigenvalue weighted by Gasteiger charge is -2.04. The SMILES string of the molecule is CCCCOC(=O)c1ccc(-c2ccc(/C=N\NC(=S)NCC)o2)cc1. The van der Waals surface area contributed by atoms with E-state index in [0.717, 1.165) is 24.9 Å². The monoisotopic (exact) mass is 373 g/mol. The van der Waals surface area contributed by atoms with E-state index in [4.69, 9.17) is 21.4 Å². The summed E-state index contributed by atoms with van der Waals surface area (Å²) in [4.78, 5) is 11.9. The summed E-state index contributed by atoms with van der Waals surface area (Å²) in [7, 11) is 0. The standard InChI is InChI=1S/C19H23N3O3S/c1-3-5-12-24-18(23)15-8-6-14(7-9-15)17-11-10-16(25-17)13-21-22-19(26)20-4-2/h6-11,13H,3-5,12H2,1-2H3,(H2,20,22,26)/b21-13-. The largest absolute Gasteiger partial charge is 0.462 e. The molecule has 0 aliphatic heterocycles. The molecule has 2 N–H and O–H groups in total. The molecule has 0 aliphatic carbocycles. The van der Waals surface area contributed by atoms with Gasteiger partial charge >= 0.3 is 5.97 Å². The van der Waals surface area contributed by atoms with Crippen molar-refractivity contribution >= 4 is 29.5 Å². The maximum Gasteiger partial charge on any atom is 0.338 e. The summed E-state index contributed by atoms with van der Waals surface area (Å²) in [5, 5.41) is 7.39. The molecule has 0 aliphatic rings. The molecular formula is C19H23N3O3S. The summed E-state index contributed by atoms with van der Waals surface area (Å²) in [6, 6.07) is 10.8. The number of carbonyl (C=O) groups excluding carboxylic acids is 1. The third kappa shape index (κ3) is 6.00. The third-order valence-electron chi connectivity index (χ3n) is 3.46. The molecule has 0 atom stereocenters. The van der Waals surface area contributed by atoms with E-state index in [2.05, 4.69) is 22.8 Å². The number of unbranched alkanes of at least 4 members (excludes halogenated alkanes) is 1. The number of nitrogens with one attached hydrogen (secondary N) is 2. The van der Waals surface area contributed by atoms with Crippen LogP contribution in [0.15, 0.2) is 45.9 Å². The zero-order chi connectivity index (χ0) is 18.8. The van der Waals surface area contributed by atoms with Crippen molar-refractivity contribution in [3.05, 3.63) is 47.7 Å². The summed E-state index contributed by atoms with van der Waals surface area (Å²) < 4.78 is 10.9. The summed E-state index contributed by atoms with van der Waals surface area (Å²) in [6.45, 7) is 5.18. The zero-order valence-electron chi connectivity index (χ0n) is 15.0. The Morgan fingerprint density at radius 3 is 2.69 bits per heavy atom. The highest BCUT2D eigenvalue weighted by Crippen LogP contribution is 2.22. The molecule has 1 heterocycles. The number of hydrogen-bond acceptors (Lipinski definition) is 5. The molecule has 0 radical (unpaired) electrons. The van der Waals surface area contributed by atoms with Crippen LogP contribution in [0.4, 0.5) is 0 Å². The normalized spacial score (nSPS) is 10.7. The van der Waals surface area contributed by atoms with Gasteiger partial charge in [-0.3, -0.25) is 5.43 Å². The van der Waals surface area contributed by atoms with Crippen molar-refractivity contribution in [2.24, 2.45) is 5.10 Å². The van der Waals surface area contributed by atoms with Gasteiger partial charge in [0.1, 0.15) is 11.5 Å². The number of rotatable bonds is 8. The van der Waals surface area contributed by atoms with Gasteiger partial charge in [-0.2, -0.15) is 5.10 Å². The molecule has 2 rings (SSSR count). The topological polar surface area (TPSA) is 75.9 Å². The van der Waals surface area contributed by atoms with E-state index in [9.17, 15) is 4.79 Å². The van der Waals surface area contributed by atoms with Crippen LogP contribution in [0.2, 0.25) is 0 Å². The fourth-order valence-electron chi connectivity index (χ4n) is 2.10. The molecule has 0 bridgehead atoms. The molecule has 0 amide bonds. The first-order valence-electron chi connectivity index (χ1n) is 8.58. The van der Waals surface area contributed by atoms with Crippen LogP contribution < -0.4 is 10.7 Å². The molecule has 26 heavy (non-hydrogen) atoms. The zero-order valence-corrected chi connectivity index (χ0v) is 15.8. The molecule has 1 aromatic carbocycles. The number of carbonyl (C=O) groups is 1. The van der Waals surface area contributed by atoms with E-state index in [-0.39, 0.29) is 5.97 Å². The quantitative estimate of drug-likeness (QED) is 0.241. The Morgan fingerprint density at radius 2 is 2.00 bits per heavy atom. The van der Waals surface area contributed by atoms with Crippen LogP contribution in [0, 0.1) is 0 Å². The van der Waals surface area contributed by atoms with E-state index in [0.29, 0.717) is 28.8 Å². The minimum Gasteiger partial charge on any atom is -0.462 e. The van der Waals surface area contributed by atoms with Gasteiger partial charge in [0.25, 0.3) is 0 Å². The van der Waals surface area contributed by atoms with Crippen molar-refractivity contribution in [3.8, 4) is 11.3 Å². The highest BCUT2D eigenvalue weighted by atomic mass is 32.1. The van der Waals surface area contributed by atoms with Crippen LogP contribution in [0.25, 0.3) is 11.3 Å². The van der Waals surface area contributed by atoms with Gasteiger partial charge < -0.3 is 14.5 Å². The molecule has 0 unspecified atom stereocenters. The Balaban J connectivity index is 1.95. The van der Waals surface area contributed by atoms with Crippen LogP contribution >= 0.6 is 12.2 Å². The summed E-state index contributed by atoms with van der Waals surface area (Å²) in [6.07, 6.45) is 3.41. The number of thiocarbonyl (C=S) groups is 1. The molecule has 0 saturated carbocycles. The smallest absolute Gasteiger partial charge is 0.338 e. The molecule has 6 nitrogen and oxygen atoms in total. The second-order valence-corrected chi connectivity index (χ2v) is 5.91.